The number of ketones is 1. The Morgan fingerprint density at radius 1 is 1.12 bits per heavy atom. The fourth-order valence-electron chi connectivity index (χ4n) is 6.48. The van der Waals surface area contributed by atoms with Crippen molar-refractivity contribution in [1.82, 2.24) is 44.6 Å². The summed E-state index contributed by atoms with van der Waals surface area (Å²) in [5.41, 5.74) is 10.3. The zero-order valence-corrected chi connectivity index (χ0v) is 22.4. The van der Waals surface area contributed by atoms with Crippen LogP contribution < -0.4 is 5.73 Å². The summed E-state index contributed by atoms with van der Waals surface area (Å²) in [6.07, 6.45) is 7.60. The monoisotopic (exact) mass is 554 g/mol. The number of H-pyrrole nitrogens is 2. The van der Waals surface area contributed by atoms with Gasteiger partial charge in [-0.25, -0.2) is 14.4 Å². The zero-order valence-electron chi connectivity index (χ0n) is 22.4. The Kier molecular flexibility index (Phi) is 5.70. The number of aromatic amines is 2. The highest BCUT2D eigenvalue weighted by molar-refractivity contribution is 6.00. The molecule has 7 rings (SSSR count). The number of fused-ring (bicyclic) bond motifs is 3. The standard InChI is InChI=1S/C28H27FN10O2/c1-13-10-31-25(35-13)19-6-3-15(9-21(19)29)20-11-34-39-24(30)22(14(2)40)23(36-27(20)39)16-7-17-4-5-18(8-16)38(17)28(41)26-32-12-33-37-26/h3,6,9-12,16-18H,4-5,7-8,30H2,1-2H3,(H,31,35)(H,32,33,37)/t16?,17-,18+. The number of hydrogen-bond donors (Lipinski definition) is 3. The van der Waals surface area contributed by atoms with Crippen LogP contribution in [0.4, 0.5) is 10.2 Å². The molecule has 4 N–H and O–H groups in total. The Morgan fingerprint density at radius 3 is 2.54 bits per heavy atom. The highest BCUT2D eigenvalue weighted by atomic mass is 19.1. The minimum Gasteiger partial charge on any atom is -0.383 e. The summed E-state index contributed by atoms with van der Waals surface area (Å²) in [5, 5.41) is 12.1. The summed E-state index contributed by atoms with van der Waals surface area (Å²) < 4.78 is 16.7. The number of nitrogens with two attached hydrogens (primary N) is 1. The number of carbonyl (C=O) groups is 2. The fourth-order valence-corrected chi connectivity index (χ4v) is 6.48. The molecule has 6 heterocycles. The summed E-state index contributed by atoms with van der Waals surface area (Å²) in [4.78, 5) is 43.0. The molecule has 4 aromatic heterocycles. The topological polar surface area (TPSA) is 164 Å². The van der Waals surface area contributed by atoms with E-state index >= 15 is 4.39 Å². The van der Waals surface area contributed by atoms with Crippen LogP contribution in [0.3, 0.4) is 0 Å². The Labute approximate surface area is 233 Å². The first-order chi connectivity index (χ1) is 19.8. The number of piperidine rings is 1. The van der Waals surface area contributed by atoms with Gasteiger partial charge in [-0.2, -0.15) is 9.61 Å². The summed E-state index contributed by atoms with van der Waals surface area (Å²) in [6, 6.07) is 4.84. The number of carbonyl (C=O) groups excluding carboxylic acids is 2. The number of aromatic nitrogens is 8. The highest BCUT2D eigenvalue weighted by Gasteiger charge is 2.45. The maximum absolute atomic E-state index is 15.2. The number of Topliss-reactive ketones (excluding diaryl/α,β-unsaturated/α-hetero) is 1. The molecule has 1 unspecified atom stereocenters. The van der Waals surface area contributed by atoms with Crippen LogP contribution in [0.1, 0.15) is 70.9 Å². The van der Waals surface area contributed by atoms with E-state index in [2.05, 4.69) is 30.2 Å². The summed E-state index contributed by atoms with van der Waals surface area (Å²) >= 11 is 0. The number of nitrogens with one attached hydrogen (secondary N) is 2. The number of benzene rings is 1. The Bertz CT molecular complexity index is 1810. The predicted molar refractivity (Wildman–Crippen MR) is 146 cm³/mol. The number of hydrogen-bond acceptors (Lipinski definition) is 8. The molecule has 0 saturated carbocycles. The normalized spacial score (nSPS) is 20.2. The van der Waals surface area contributed by atoms with E-state index in [0.717, 1.165) is 18.5 Å². The lowest BCUT2D eigenvalue weighted by Crippen LogP contribution is -2.46. The number of aryl methyl sites for hydroxylation is 1. The van der Waals surface area contributed by atoms with E-state index < -0.39 is 5.82 Å². The van der Waals surface area contributed by atoms with Crippen molar-refractivity contribution in [3.05, 3.63) is 65.5 Å². The van der Waals surface area contributed by atoms with E-state index in [1.807, 2.05) is 11.8 Å². The van der Waals surface area contributed by atoms with Gasteiger partial charge in [0.1, 0.15) is 23.8 Å². The van der Waals surface area contributed by atoms with Gasteiger partial charge in [-0.1, -0.05) is 6.07 Å². The Hall–Kier alpha value is -4.94. The van der Waals surface area contributed by atoms with Gasteiger partial charge in [-0.3, -0.25) is 9.59 Å². The van der Waals surface area contributed by atoms with Crippen molar-refractivity contribution >= 4 is 23.2 Å². The zero-order chi connectivity index (χ0) is 28.4. The predicted octanol–water partition coefficient (Wildman–Crippen LogP) is 3.69. The molecule has 0 radical (unpaired) electrons. The molecule has 13 heteroatoms. The molecule has 3 atom stereocenters. The first kappa shape index (κ1) is 25.1. The smallest absolute Gasteiger partial charge is 0.292 e. The second-order valence-corrected chi connectivity index (χ2v) is 10.8. The average Bonchev–Trinajstić information content (AvgIpc) is 3.75. The molecule has 1 aromatic carbocycles. The van der Waals surface area contributed by atoms with Gasteiger partial charge in [0.25, 0.3) is 5.91 Å². The summed E-state index contributed by atoms with van der Waals surface area (Å²) in [7, 11) is 0. The molecule has 1 amide bonds. The molecule has 12 nitrogen and oxygen atoms in total. The lowest BCUT2D eigenvalue weighted by Gasteiger charge is -2.38. The average molecular weight is 555 g/mol. The van der Waals surface area contributed by atoms with Crippen molar-refractivity contribution in [2.24, 2.45) is 0 Å². The Morgan fingerprint density at radius 2 is 1.90 bits per heavy atom. The van der Waals surface area contributed by atoms with Gasteiger partial charge in [0.05, 0.1) is 23.0 Å². The van der Waals surface area contributed by atoms with Gasteiger partial charge >= 0.3 is 0 Å². The van der Waals surface area contributed by atoms with Crippen LogP contribution in [0, 0.1) is 12.7 Å². The number of halogens is 1. The van der Waals surface area contributed by atoms with E-state index in [-0.39, 0.29) is 41.3 Å². The molecule has 0 aliphatic carbocycles. The lowest BCUT2D eigenvalue weighted by atomic mass is 9.85. The van der Waals surface area contributed by atoms with E-state index in [0.29, 0.717) is 52.3 Å². The number of imidazole rings is 1. The van der Waals surface area contributed by atoms with Gasteiger partial charge in [0.15, 0.2) is 11.4 Å². The van der Waals surface area contributed by atoms with Crippen molar-refractivity contribution in [2.75, 3.05) is 5.73 Å². The second-order valence-electron chi connectivity index (χ2n) is 10.8. The van der Waals surface area contributed by atoms with Crippen molar-refractivity contribution in [3.8, 4) is 22.5 Å². The first-order valence-corrected chi connectivity index (χ1v) is 13.5. The van der Waals surface area contributed by atoms with Gasteiger partial charge in [0, 0.05) is 35.5 Å². The van der Waals surface area contributed by atoms with Crippen molar-refractivity contribution in [2.45, 2.75) is 57.5 Å². The van der Waals surface area contributed by atoms with Crippen molar-refractivity contribution in [3.63, 3.8) is 0 Å². The molecular formula is C28H27FN10O2. The largest absolute Gasteiger partial charge is 0.383 e. The Balaban J connectivity index is 1.28. The van der Waals surface area contributed by atoms with Gasteiger partial charge in [-0.15, -0.1) is 10.2 Å². The van der Waals surface area contributed by atoms with E-state index in [1.54, 1.807) is 24.5 Å². The third kappa shape index (κ3) is 3.99. The van der Waals surface area contributed by atoms with Crippen molar-refractivity contribution < 1.29 is 14.0 Å². The molecule has 0 spiro atoms. The molecule has 2 saturated heterocycles. The number of anilines is 1. The number of rotatable bonds is 5. The molecule has 41 heavy (non-hydrogen) atoms. The second kappa shape index (κ2) is 9.32. The van der Waals surface area contributed by atoms with Crippen LogP contribution in [-0.4, -0.2) is 68.4 Å². The third-order valence-corrected chi connectivity index (χ3v) is 8.27. The van der Waals surface area contributed by atoms with E-state index in [9.17, 15) is 9.59 Å². The molecule has 2 fully saturated rings. The van der Waals surface area contributed by atoms with Gasteiger partial charge < -0.3 is 20.6 Å². The van der Waals surface area contributed by atoms with E-state index in [4.69, 9.17) is 10.7 Å². The fraction of sp³-hybridized carbons (Fsp3) is 0.321. The first-order valence-electron chi connectivity index (χ1n) is 13.5. The molecule has 2 aliphatic heterocycles. The molecular weight excluding hydrogens is 527 g/mol. The summed E-state index contributed by atoms with van der Waals surface area (Å²) in [6.45, 7) is 3.32. The number of nitrogens with zero attached hydrogens (tertiary/aromatic N) is 7. The number of amides is 1. The van der Waals surface area contributed by atoms with Crippen LogP contribution in [-0.2, 0) is 0 Å². The highest BCUT2D eigenvalue weighted by Crippen LogP contribution is 2.45. The maximum atomic E-state index is 15.2. The van der Waals surface area contributed by atoms with Gasteiger partial charge in [0.2, 0.25) is 5.82 Å². The summed E-state index contributed by atoms with van der Waals surface area (Å²) in [5.74, 6) is -0.0501. The minimum absolute atomic E-state index is 0.0216. The van der Waals surface area contributed by atoms with Crippen LogP contribution >= 0.6 is 0 Å². The van der Waals surface area contributed by atoms with Crippen LogP contribution in [0.5, 0.6) is 0 Å². The van der Waals surface area contributed by atoms with Crippen molar-refractivity contribution in [1.29, 1.82) is 0 Å². The minimum atomic E-state index is -0.440. The molecule has 2 bridgehead atoms. The number of nitrogen functional groups attached to an aromatic ring is 1. The quantitative estimate of drug-likeness (QED) is 0.277. The molecule has 5 aromatic rings. The lowest BCUT2D eigenvalue weighted by molar-refractivity contribution is 0.0556. The molecule has 208 valence electrons. The third-order valence-electron chi connectivity index (χ3n) is 8.27. The van der Waals surface area contributed by atoms with E-state index in [1.165, 1.54) is 23.8 Å². The SMILES string of the molecule is CC(=O)c1c(C2C[C@H]3CC[C@@H](C2)N3C(=O)c2nnc[nH]2)nc2c(-c3ccc(-c4ncc(C)[nH]4)c(F)c3)cnn2c1N. The van der Waals surface area contributed by atoms with Crippen LogP contribution in [0.2, 0.25) is 0 Å². The van der Waals surface area contributed by atoms with Gasteiger partial charge in [-0.05, 0) is 57.2 Å². The molecule has 2 aliphatic rings. The van der Waals surface area contributed by atoms with Crippen LogP contribution in [0.15, 0.2) is 36.9 Å². The maximum Gasteiger partial charge on any atom is 0.292 e. The van der Waals surface area contributed by atoms with Crippen LogP contribution in [0.25, 0.3) is 28.2 Å².